The Labute approximate surface area is 138 Å². The molecule has 24 heavy (non-hydrogen) atoms. The topological polar surface area (TPSA) is 75.3 Å². The van der Waals surface area contributed by atoms with E-state index in [0.717, 1.165) is 24.3 Å². The maximum atomic E-state index is 13.6. The fourth-order valence-corrected chi connectivity index (χ4v) is 3.06. The Balaban J connectivity index is 2.35. The van der Waals surface area contributed by atoms with E-state index in [1.807, 2.05) is 4.72 Å². The van der Waals surface area contributed by atoms with Crippen LogP contribution in [-0.2, 0) is 10.0 Å². The third-order valence-corrected chi connectivity index (χ3v) is 4.37. The predicted molar refractivity (Wildman–Crippen MR) is 86.2 cm³/mol. The number of halogens is 2. The summed E-state index contributed by atoms with van der Waals surface area (Å²) < 4.78 is 53.8. The molecule has 0 atom stereocenters. The molecule has 2 rings (SSSR count). The van der Waals surface area contributed by atoms with Gasteiger partial charge in [0, 0.05) is 11.6 Å². The van der Waals surface area contributed by atoms with Crippen LogP contribution >= 0.6 is 0 Å². The van der Waals surface area contributed by atoms with Crippen LogP contribution in [0.1, 0.15) is 24.2 Å². The highest BCUT2D eigenvalue weighted by Gasteiger charge is 2.20. The first-order valence-corrected chi connectivity index (χ1v) is 8.57. The minimum absolute atomic E-state index is 0.122. The van der Waals surface area contributed by atoms with Gasteiger partial charge < -0.3 is 5.32 Å². The first kappa shape index (κ1) is 17.9. The van der Waals surface area contributed by atoms with E-state index in [0.29, 0.717) is 0 Å². The van der Waals surface area contributed by atoms with Gasteiger partial charge >= 0.3 is 0 Å². The van der Waals surface area contributed by atoms with E-state index in [4.69, 9.17) is 0 Å². The van der Waals surface area contributed by atoms with Crippen LogP contribution in [0.5, 0.6) is 0 Å². The Bertz CT molecular complexity index is 847. The van der Waals surface area contributed by atoms with E-state index >= 15 is 0 Å². The number of anilines is 1. The van der Waals surface area contributed by atoms with E-state index in [2.05, 4.69) is 5.32 Å². The SMILES string of the molecule is CC(C)NC(=O)c1cccc(S(=O)(=O)Nc2c(F)cccc2F)c1. The van der Waals surface area contributed by atoms with Gasteiger partial charge in [-0.05, 0) is 44.2 Å². The smallest absolute Gasteiger partial charge is 0.262 e. The van der Waals surface area contributed by atoms with Crippen LogP contribution in [0.2, 0.25) is 0 Å². The zero-order valence-corrected chi connectivity index (χ0v) is 13.8. The van der Waals surface area contributed by atoms with Gasteiger partial charge in [-0.1, -0.05) is 12.1 Å². The first-order valence-electron chi connectivity index (χ1n) is 7.08. The second kappa shape index (κ2) is 6.96. The zero-order chi connectivity index (χ0) is 17.9. The average Bonchev–Trinajstić information content (AvgIpc) is 2.50. The normalized spacial score (nSPS) is 11.4. The van der Waals surface area contributed by atoms with E-state index in [1.54, 1.807) is 13.8 Å². The lowest BCUT2D eigenvalue weighted by Crippen LogP contribution is -2.30. The Morgan fingerprint density at radius 3 is 2.21 bits per heavy atom. The maximum Gasteiger partial charge on any atom is 0.262 e. The highest BCUT2D eigenvalue weighted by molar-refractivity contribution is 7.92. The number of benzene rings is 2. The molecule has 2 aromatic rings. The largest absolute Gasteiger partial charge is 0.350 e. The summed E-state index contributed by atoms with van der Waals surface area (Å²) in [6, 6.07) is 8.07. The Kier molecular flexibility index (Phi) is 5.18. The highest BCUT2D eigenvalue weighted by Crippen LogP contribution is 2.22. The van der Waals surface area contributed by atoms with Crippen molar-refractivity contribution in [2.75, 3.05) is 4.72 Å². The van der Waals surface area contributed by atoms with E-state index < -0.39 is 33.3 Å². The molecule has 0 unspecified atom stereocenters. The molecule has 0 aliphatic carbocycles. The molecule has 0 bridgehead atoms. The second-order valence-electron chi connectivity index (χ2n) is 5.36. The number of rotatable bonds is 5. The maximum absolute atomic E-state index is 13.6. The van der Waals surface area contributed by atoms with Gasteiger partial charge in [0.15, 0.2) is 0 Å². The van der Waals surface area contributed by atoms with Crippen LogP contribution in [0.25, 0.3) is 0 Å². The molecule has 5 nitrogen and oxygen atoms in total. The first-order chi connectivity index (χ1) is 11.2. The molecule has 0 heterocycles. The number of hydrogen-bond donors (Lipinski definition) is 2. The standard InChI is InChI=1S/C16H16F2N2O3S/c1-10(2)19-16(21)11-5-3-6-12(9-11)24(22,23)20-15-13(17)7-4-8-14(15)18/h3-10,20H,1-2H3,(H,19,21). The summed E-state index contributed by atoms with van der Waals surface area (Å²) in [5.74, 6) is -2.52. The molecule has 0 aromatic heterocycles. The van der Waals surface area contributed by atoms with Gasteiger partial charge in [-0.3, -0.25) is 9.52 Å². The number of amides is 1. The molecular weight excluding hydrogens is 338 g/mol. The van der Waals surface area contributed by atoms with Crippen molar-refractivity contribution in [2.24, 2.45) is 0 Å². The summed E-state index contributed by atoms with van der Waals surface area (Å²) in [4.78, 5) is 11.7. The molecule has 0 fully saturated rings. The Hall–Kier alpha value is -2.48. The Morgan fingerprint density at radius 2 is 1.62 bits per heavy atom. The van der Waals surface area contributed by atoms with Crippen molar-refractivity contribution in [1.82, 2.24) is 5.32 Å². The molecule has 1 amide bonds. The monoisotopic (exact) mass is 354 g/mol. The van der Waals surface area contributed by atoms with Crippen molar-refractivity contribution in [3.63, 3.8) is 0 Å². The van der Waals surface area contributed by atoms with Crippen LogP contribution in [0.3, 0.4) is 0 Å². The summed E-state index contributed by atoms with van der Waals surface area (Å²) in [5, 5.41) is 2.63. The summed E-state index contributed by atoms with van der Waals surface area (Å²) in [6.07, 6.45) is 0. The van der Waals surface area contributed by atoms with Gasteiger partial charge in [0.1, 0.15) is 17.3 Å². The third kappa shape index (κ3) is 4.08. The number of para-hydroxylation sites is 1. The predicted octanol–water partition coefficient (Wildman–Crippen LogP) is 2.90. The minimum Gasteiger partial charge on any atom is -0.350 e. The van der Waals surface area contributed by atoms with Crippen molar-refractivity contribution < 1.29 is 22.0 Å². The van der Waals surface area contributed by atoms with Crippen molar-refractivity contribution >= 4 is 21.6 Å². The van der Waals surface area contributed by atoms with Gasteiger partial charge in [0.05, 0.1) is 4.90 Å². The summed E-state index contributed by atoms with van der Waals surface area (Å²) >= 11 is 0. The van der Waals surface area contributed by atoms with Gasteiger partial charge in [-0.2, -0.15) is 0 Å². The van der Waals surface area contributed by atoms with Crippen LogP contribution in [0.4, 0.5) is 14.5 Å². The molecule has 0 saturated heterocycles. The van der Waals surface area contributed by atoms with E-state index in [9.17, 15) is 22.0 Å². The molecule has 0 radical (unpaired) electrons. The molecule has 0 aliphatic rings. The molecule has 2 N–H and O–H groups in total. The fourth-order valence-electron chi connectivity index (χ4n) is 1.94. The summed E-state index contributed by atoms with van der Waals surface area (Å²) in [6.45, 7) is 3.53. The van der Waals surface area contributed by atoms with Crippen LogP contribution < -0.4 is 10.0 Å². The highest BCUT2D eigenvalue weighted by atomic mass is 32.2. The number of carbonyl (C=O) groups excluding carboxylic acids is 1. The second-order valence-corrected chi connectivity index (χ2v) is 7.04. The molecule has 128 valence electrons. The number of nitrogens with one attached hydrogen (secondary N) is 2. The fraction of sp³-hybridized carbons (Fsp3) is 0.188. The Morgan fingerprint density at radius 1 is 1.04 bits per heavy atom. The molecule has 2 aromatic carbocycles. The average molecular weight is 354 g/mol. The van der Waals surface area contributed by atoms with E-state index in [-0.39, 0.29) is 16.5 Å². The zero-order valence-electron chi connectivity index (χ0n) is 13.0. The minimum atomic E-state index is -4.25. The van der Waals surface area contributed by atoms with Crippen LogP contribution in [0.15, 0.2) is 47.4 Å². The van der Waals surface area contributed by atoms with Crippen LogP contribution in [0, 0.1) is 11.6 Å². The lowest BCUT2D eigenvalue weighted by molar-refractivity contribution is 0.0943. The third-order valence-electron chi connectivity index (χ3n) is 3.03. The lowest BCUT2D eigenvalue weighted by atomic mass is 10.2. The van der Waals surface area contributed by atoms with Gasteiger partial charge in [-0.25, -0.2) is 17.2 Å². The van der Waals surface area contributed by atoms with Gasteiger partial charge in [0.2, 0.25) is 0 Å². The van der Waals surface area contributed by atoms with E-state index in [1.165, 1.54) is 18.2 Å². The van der Waals surface area contributed by atoms with Crippen LogP contribution in [-0.4, -0.2) is 20.4 Å². The van der Waals surface area contributed by atoms with Gasteiger partial charge in [0.25, 0.3) is 15.9 Å². The number of hydrogen-bond acceptors (Lipinski definition) is 3. The van der Waals surface area contributed by atoms with Crippen molar-refractivity contribution in [3.05, 3.63) is 59.7 Å². The quantitative estimate of drug-likeness (QED) is 0.867. The van der Waals surface area contributed by atoms with Crippen molar-refractivity contribution in [1.29, 1.82) is 0 Å². The number of carbonyl (C=O) groups is 1. The molecular formula is C16H16F2N2O3S. The molecule has 0 spiro atoms. The molecule has 8 heteroatoms. The summed E-state index contributed by atoms with van der Waals surface area (Å²) in [7, 11) is -4.25. The lowest BCUT2D eigenvalue weighted by Gasteiger charge is -2.12. The number of sulfonamides is 1. The molecule has 0 saturated carbocycles. The van der Waals surface area contributed by atoms with Crippen molar-refractivity contribution in [3.8, 4) is 0 Å². The van der Waals surface area contributed by atoms with Gasteiger partial charge in [-0.15, -0.1) is 0 Å². The summed E-state index contributed by atoms with van der Waals surface area (Å²) in [5.41, 5.74) is -0.643. The van der Waals surface area contributed by atoms with Crippen molar-refractivity contribution in [2.45, 2.75) is 24.8 Å². The molecule has 0 aliphatic heterocycles.